The highest BCUT2D eigenvalue weighted by atomic mass is 32.1. The van der Waals surface area contributed by atoms with Crippen LogP contribution in [0.25, 0.3) is 16.3 Å². The second kappa shape index (κ2) is 5.75. The van der Waals surface area contributed by atoms with E-state index in [4.69, 9.17) is 4.52 Å². The fraction of sp³-hybridized carbons (Fsp3) is 0.294. The van der Waals surface area contributed by atoms with Crippen LogP contribution in [0.3, 0.4) is 0 Å². The SMILES string of the molecule is Cc1ncc2c(c1-c1noc(Cc3cn4ccsc4n3)n1)CCNC2. The number of nitrogens with one attached hydrogen (secondary N) is 1. The molecule has 5 rings (SSSR count). The van der Waals surface area contributed by atoms with Gasteiger partial charge >= 0.3 is 0 Å². The highest BCUT2D eigenvalue weighted by Crippen LogP contribution is 2.28. The van der Waals surface area contributed by atoms with Gasteiger partial charge < -0.3 is 9.84 Å². The maximum atomic E-state index is 5.49. The molecule has 4 aromatic rings. The highest BCUT2D eigenvalue weighted by Gasteiger charge is 2.21. The molecule has 0 unspecified atom stereocenters. The number of aromatic nitrogens is 5. The molecule has 0 spiro atoms. The van der Waals surface area contributed by atoms with Crippen LogP contribution in [0.5, 0.6) is 0 Å². The Morgan fingerprint density at radius 1 is 1.36 bits per heavy atom. The van der Waals surface area contributed by atoms with Gasteiger partial charge in [-0.3, -0.25) is 9.38 Å². The van der Waals surface area contributed by atoms with E-state index in [0.29, 0.717) is 18.1 Å². The second-order valence-electron chi connectivity index (χ2n) is 6.16. The van der Waals surface area contributed by atoms with Gasteiger partial charge in [0.2, 0.25) is 11.7 Å². The molecule has 4 aromatic heterocycles. The van der Waals surface area contributed by atoms with Gasteiger partial charge in [-0.15, -0.1) is 11.3 Å². The van der Waals surface area contributed by atoms with Gasteiger partial charge in [-0.2, -0.15) is 4.98 Å². The summed E-state index contributed by atoms with van der Waals surface area (Å²) in [7, 11) is 0. The first-order chi connectivity index (χ1) is 12.3. The van der Waals surface area contributed by atoms with Crippen LogP contribution in [0.2, 0.25) is 0 Å². The van der Waals surface area contributed by atoms with E-state index in [0.717, 1.165) is 41.4 Å². The van der Waals surface area contributed by atoms with Crippen LogP contribution in [0, 0.1) is 6.92 Å². The Morgan fingerprint density at radius 3 is 3.24 bits per heavy atom. The molecule has 7 nitrogen and oxygen atoms in total. The molecule has 1 aliphatic rings. The Balaban J connectivity index is 1.49. The van der Waals surface area contributed by atoms with Crippen LogP contribution < -0.4 is 5.32 Å². The molecule has 0 bridgehead atoms. The lowest BCUT2D eigenvalue weighted by Crippen LogP contribution is -2.24. The Labute approximate surface area is 147 Å². The maximum Gasteiger partial charge on any atom is 0.233 e. The lowest BCUT2D eigenvalue weighted by molar-refractivity contribution is 0.385. The van der Waals surface area contributed by atoms with E-state index < -0.39 is 0 Å². The molecule has 0 saturated carbocycles. The summed E-state index contributed by atoms with van der Waals surface area (Å²) < 4.78 is 7.50. The van der Waals surface area contributed by atoms with E-state index in [1.807, 2.05) is 35.3 Å². The van der Waals surface area contributed by atoms with Gasteiger partial charge in [0.15, 0.2) is 4.96 Å². The van der Waals surface area contributed by atoms with Crippen molar-refractivity contribution in [3.05, 3.63) is 52.4 Å². The molecule has 25 heavy (non-hydrogen) atoms. The van der Waals surface area contributed by atoms with Crippen LogP contribution in [-0.2, 0) is 19.4 Å². The Bertz CT molecular complexity index is 1030. The number of hydrogen-bond acceptors (Lipinski definition) is 7. The molecule has 5 heterocycles. The molecule has 0 fully saturated rings. The van der Waals surface area contributed by atoms with Crippen LogP contribution >= 0.6 is 11.3 Å². The summed E-state index contributed by atoms with van der Waals surface area (Å²) >= 11 is 1.61. The molecule has 0 amide bonds. The smallest absolute Gasteiger partial charge is 0.233 e. The number of thiazole rings is 1. The van der Waals surface area contributed by atoms with Gasteiger partial charge in [-0.05, 0) is 31.0 Å². The molecule has 126 valence electrons. The van der Waals surface area contributed by atoms with E-state index in [1.54, 1.807) is 11.3 Å². The zero-order valence-electron chi connectivity index (χ0n) is 13.7. The Hall–Kier alpha value is -2.58. The summed E-state index contributed by atoms with van der Waals surface area (Å²) in [5.41, 5.74) is 5.38. The van der Waals surface area contributed by atoms with Gasteiger partial charge in [0.05, 0.1) is 12.1 Å². The summed E-state index contributed by atoms with van der Waals surface area (Å²) in [5, 5.41) is 9.60. The third-order valence-electron chi connectivity index (χ3n) is 4.50. The third-order valence-corrected chi connectivity index (χ3v) is 5.27. The molecule has 0 saturated heterocycles. The Morgan fingerprint density at radius 2 is 2.32 bits per heavy atom. The molecule has 0 atom stereocenters. The molecule has 1 N–H and O–H groups in total. The van der Waals surface area contributed by atoms with Crippen molar-refractivity contribution < 1.29 is 4.52 Å². The lowest BCUT2D eigenvalue weighted by atomic mass is 9.95. The van der Waals surface area contributed by atoms with Gasteiger partial charge in [0.25, 0.3) is 0 Å². The van der Waals surface area contributed by atoms with Crippen LogP contribution in [0.15, 0.2) is 28.5 Å². The van der Waals surface area contributed by atoms with Crippen molar-refractivity contribution in [3.63, 3.8) is 0 Å². The van der Waals surface area contributed by atoms with E-state index in [2.05, 4.69) is 25.4 Å². The molecule has 0 aromatic carbocycles. The van der Waals surface area contributed by atoms with Crippen molar-refractivity contribution in [2.24, 2.45) is 0 Å². The zero-order chi connectivity index (χ0) is 16.8. The summed E-state index contributed by atoms with van der Waals surface area (Å²) in [5.74, 6) is 1.20. The minimum Gasteiger partial charge on any atom is -0.339 e. The zero-order valence-corrected chi connectivity index (χ0v) is 14.5. The van der Waals surface area contributed by atoms with Crippen molar-refractivity contribution in [3.8, 4) is 11.4 Å². The third kappa shape index (κ3) is 2.54. The lowest BCUT2D eigenvalue weighted by Gasteiger charge is -2.19. The van der Waals surface area contributed by atoms with Crippen molar-refractivity contribution in [1.29, 1.82) is 0 Å². The normalized spacial score (nSPS) is 14.1. The summed E-state index contributed by atoms with van der Waals surface area (Å²) in [6, 6.07) is 0. The molecule has 0 aliphatic carbocycles. The molecular formula is C17H16N6OS. The number of hydrogen-bond donors (Lipinski definition) is 1. The quantitative estimate of drug-likeness (QED) is 0.610. The van der Waals surface area contributed by atoms with E-state index >= 15 is 0 Å². The molecule has 0 radical (unpaired) electrons. The average Bonchev–Trinajstić information content (AvgIpc) is 3.31. The van der Waals surface area contributed by atoms with Crippen LogP contribution in [0.1, 0.15) is 28.4 Å². The predicted molar refractivity (Wildman–Crippen MR) is 93.6 cm³/mol. The molecule has 8 heteroatoms. The first kappa shape index (κ1) is 14.7. The van der Waals surface area contributed by atoms with Gasteiger partial charge in [0.1, 0.15) is 0 Å². The monoisotopic (exact) mass is 352 g/mol. The first-order valence-corrected chi connectivity index (χ1v) is 9.08. The fourth-order valence-corrected chi connectivity index (χ4v) is 4.03. The highest BCUT2D eigenvalue weighted by molar-refractivity contribution is 7.15. The van der Waals surface area contributed by atoms with Crippen molar-refractivity contribution in [1.82, 2.24) is 29.8 Å². The van der Waals surface area contributed by atoms with Crippen molar-refractivity contribution in [2.45, 2.75) is 26.3 Å². The maximum absolute atomic E-state index is 5.49. The number of nitrogens with zero attached hydrogens (tertiary/aromatic N) is 5. The first-order valence-electron chi connectivity index (χ1n) is 8.20. The van der Waals surface area contributed by atoms with Gasteiger partial charge in [-0.1, -0.05) is 5.16 Å². The van der Waals surface area contributed by atoms with Crippen LogP contribution in [0.4, 0.5) is 0 Å². The second-order valence-corrected chi connectivity index (χ2v) is 7.04. The number of fused-ring (bicyclic) bond motifs is 2. The van der Waals surface area contributed by atoms with E-state index in [1.165, 1.54) is 11.1 Å². The van der Waals surface area contributed by atoms with E-state index in [9.17, 15) is 0 Å². The van der Waals surface area contributed by atoms with Crippen molar-refractivity contribution in [2.75, 3.05) is 6.54 Å². The number of pyridine rings is 1. The number of aryl methyl sites for hydroxylation is 1. The molecule has 1 aliphatic heterocycles. The minimum absolute atomic E-state index is 0.532. The van der Waals surface area contributed by atoms with E-state index in [-0.39, 0.29) is 0 Å². The van der Waals surface area contributed by atoms with Crippen molar-refractivity contribution >= 4 is 16.3 Å². The average molecular weight is 352 g/mol. The minimum atomic E-state index is 0.532. The van der Waals surface area contributed by atoms with Gasteiger partial charge in [-0.25, -0.2) is 4.98 Å². The van der Waals surface area contributed by atoms with Gasteiger partial charge in [0, 0.05) is 41.8 Å². The predicted octanol–water partition coefficient (Wildman–Crippen LogP) is 2.39. The standard InChI is InChI=1S/C17H16N6OS/c1-10-15(13-2-3-18-7-11(13)8-19-10)16-21-14(24-22-16)6-12-9-23-4-5-25-17(23)20-12/h4-5,8-9,18H,2-3,6-7H2,1H3. The Kier molecular flexibility index (Phi) is 3.39. The number of rotatable bonds is 3. The largest absolute Gasteiger partial charge is 0.339 e. The summed E-state index contributed by atoms with van der Waals surface area (Å²) in [6.45, 7) is 3.79. The topological polar surface area (TPSA) is 81.1 Å². The fourth-order valence-electron chi connectivity index (χ4n) is 3.31. The summed E-state index contributed by atoms with van der Waals surface area (Å²) in [4.78, 5) is 14.7. The molecular weight excluding hydrogens is 336 g/mol. The number of imidazole rings is 1. The van der Waals surface area contributed by atoms with Crippen LogP contribution in [-0.4, -0.2) is 31.1 Å². The summed E-state index contributed by atoms with van der Waals surface area (Å²) in [6.07, 6.45) is 7.42.